The van der Waals surface area contributed by atoms with Crippen LogP contribution in [0.2, 0.25) is 0 Å². The lowest BCUT2D eigenvalue weighted by Gasteiger charge is -2.55. The average molecular weight is 383 g/mol. The van der Waals surface area contributed by atoms with Crippen LogP contribution >= 0.6 is 0 Å². The van der Waals surface area contributed by atoms with Gasteiger partial charge in [-0.25, -0.2) is 0 Å². The van der Waals surface area contributed by atoms with Gasteiger partial charge in [0.05, 0.1) is 0 Å². The maximum Gasteiger partial charge on any atom is 0.226 e. The zero-order chi connectivity index (χ0) is 19.7. The molecule has 5 rings (SSSR count). The van der Waals surface area contributed by atoms with Gasteiger partial charge in [0.2, 0.25) is 11.8 Å². The molecule has 0 aromatic heterocycles. The summed E-state index contributed by atoms with van der Waals surface area (Å²) in [6.45, 7) is 3.32. The number of rotatable bonds is 7. The molecule has 1 N–H and O–H groups in total. The van der Waals surface area contributed by atoms with E-state index in [9.17, 15) is 9.59 Å². The van der Waals surface area contributed by atoms with E-state index in [1.54, 1.807) is 4.90 Å². The Morgan fingerprint density at radius 3 is 2.18 bits per heavy atom. The summed E-state index contributed by atoms with van der Waals surface area (Å²) in [5.41, 5.74) is 2.30. The molecular formula is C24H34N2O2. The van der Waals surface area contributed by atoms with Crippen LogP contribution in [0.4, 0.5) is 0 Å². The lowest BCUT2D eigenvalue weighted by Crippen LogP contribution is -2.53. The van der Waals surface area contributed by atoms with Gasteiger partial charge in [-0.3, -0.25) is 9.59 Å². The molecule has 4 aliphatic rings. The minimum absolute atomic E-state index is 0.0824. The molecule has 152 valence electrons. The molecule has 1 aromatic carbocycles. The molecule has 4 aliphatic carbocycles. The van der Waals surface area contributed by atoms with Crippen molar-refractivity contribution in [3.8, 4) is 0 Å². The molecule has 0 spiro atoms. The smallest absolute Gasteiger partial charge is 0.226 e. The van der Waals surface area contributed by atoms with E-state index in [0.717, 1.165) is 49.0 Å². The first-order chi connectivity index (χ1) is 13.4. The first kappa shape index (κ1) is 19.5. The van der Waals surface area contributed by atoms with E-state index in [4.69, 9.17) is 0 Å². The maximum absolute atomic E-state index is 12.9. The van der Waals surface area contributed by atoms with Crippen molar-refractivity contribution in [2.24, 2.45) is 23.2 Å². The molecule has 4 heteroatoms. The predicted octanol–water partition coefficient (Wildman–Crippen LogP) is 4.07. The van der Waals surface area contributed by atoms with Crippen molar-refractivity contribution in [3.05, 3.63) is 35.4 Å². The highest BCUT2D eigenvalue weighted by atomic mass is 16.2. The van der Waals surface area contributed by atoms with Crippen molar-refractivity contribution >= 4 is 11.8 Å². The Bertz CT molecular complexity index is 689. The second kappa shape index (κ2) is 7.88. The van der Waals surface area contributed by atoms with E-state index in [1.807, 2.05) is 7.05 Å². The Balaban J connectivity index is 1.19. The van der Waals surface area contributed by atoms with Gasteiger partial charge < -0.3 is 10.2 Å². The Labute approximate surface area is 169 Å². The van der Waals surface area contributed by atoms with E-state index < -0.39 is 0 Å². The van der Waals surface area contributed by atoms with E-state index in [0.29, 0.717) is 19.5 Å². The molecule has 4 fully saturated rings. The number of carbonyl (C=O) groups excluding carboxylic acids is 2. The van der Waals surface area contributed by atoms with Crippen LogP contribution in [0.1, 0.15) is 62.5 Å². The Kier molecular flexibility index (Phi) is 5.48. The van der Waals surface area contributed by atoms with Crippen LogP contribution in [0.3, 0.4) is 0 Å². The van der Waals surface area contributed by atoms with Crippen LogP contribution in [-0.4, -0.2) is 30.3 Å². The van der Waals surface area contributed by atoms with Crippen LogP contribution in [0.25, 0.3) is 0 Å². The van der Waals surface area contributed by atoms with Crippen molar-refractivity contribution in [2.45, 2.75) is 64.8 Å². The number of hydrogen-bond acceptors (Lipinski definition) is 2. The van der Waals surface area contributed by atoms with Crippen LogP contribution < -0.4 is 5.32 Å². The lowest BCUT2D eigenvalue weighted by atomic mass is 9.49. The predicted molar refractivity (Wildman–Crippen MR) is 111 cm³/mol. The fraction of sp³-hybridized carbons (Fsp3) is 0.667. The normalized spacial score (nSPS) is 30.3. The summed E-state index contributed by atoms with van der Waals surface area (Å²) < 4.78 is 0. The van der Waals surface area contributed by atoms with E-state index in [2.05, 4.69) is 36.5 Å². The molecule has 0 unspecified atom stereocenters. The first-order valence-corrected chi connectivity index (χ1v) is 11.0. The highest BCUT2D eigenvalue weighted by molar-refractivity contribution is 5.83. The molecule has 4 saturated carbocycles. The highest BCUT2D eigenvalue weighted by Crippen LogP contribution is 2.60. The summed E-state index contributed by atoms with van der Waals surface area (Å²) in [4.78, 5) is 27.1. The van der Waals surface area contributed by atoms with E-state index >= 15 is 0 Å². The molecule has 0 aliphatic heterocycles. The van der Waals surface area contributed by atoms with Crippen molar-refractivity contribution in [2.75, 3.05) is 13.6 Å². The number of benzene rings is 1. The molecule has 28 heavy (non-hydrogen) atoms. The van der Waals surface area contributed by atoms with Gasteiger partial charge in [-0.15, -0.1) is 0 Å². The average Bonchev–Trinajstić information content (AvgIpc) is 2.65. The lowest BCUT2D eigenvalue weighted by molar-refractivity contribution is -0.146. The molecule has 0 radical (unpaired) electrons. The molecule has 0 atom stereocenters. The van der Waals surface area contributed by atoms with Gasteiger partial charge in [-0.2, -0.15) is 0 Å². The molecule has 4 bridgehead atoms. The number of nitrogens with zero attached hydrogens (tertiary/aromatic N) is 1. The van der Waals surface area contributed by atoms with Crippen molar-refractivity contribution in [3.63, 3.8) is 0 Å². The quantitative estimate of drug-likeness (QED) is 0.723. The first-order valence-electron chi connectivity index (χ1n) is 11.0. The van der Waals surface area contributed by atoms with Crippen molar-refractivity contribution < 1.29 is 9.59 Å². The van der Waals surface area contributed by atoms with E-state index in [1.165, 1.54) is 24.8 Å². The Morgan fingerprint density at radius 1 is 1.04 bits per heavy atom. The number of hydrogen-bond donors (Lipinski definition) is 1. The summed E-state index contributed by atoms with van der Waals surface area (Å²) in [7, 11) is 1.86. The van der Waals surface area contributed by atoms with Gasteiger partial charge in [-0.1, -0.05) is 29.8 Å². The topological polar surface area (TPSA) is 49.4 Å². The SMILES string of the molecule is Cc1ccc(CN(C)C(=O)CCCNC(=O)C23CC4CC(CC(C4)C2)C3)cc1. The minimum atomic E-state index is -0.0824. The van der Waals surface area contributed by atoms with Crippen molar-refractivity contribution in [1.82, 2.24) is 10.2 Å². The summed E-state index contributed by atoms with van der Waals surface area (Å²) in [5.74, 6) is 2.77. The summed E-state index contributed by atoms with van der Waals surface area (Å²) in [6.07, 6.45) is 8.57. The van der Waals surface area contributed by atoms with Crippen LogP contribution in [-0.2, 0) is 16.1 Å². The number of carbonyl (C=O) groups is 2. The van der Waals surface area contributed by atoms with Gasteiger partial charge in [0, 0.05) is 32.0 Å². The fourth-order valence-electron chi connectivity index (χ4n) is 6.26. The van der Waals surface area contributed by atoms with Gasteiger partial charge in [0.25, 0.3) is 0 Å². The monoisotopic (exact) mass is 382 g/mol. The zero-order valence-electron chi connectivity index (χ0n) is 17.4. The van der Waals surface area contributed by atoms with Gasteiger partial charge in [-0.05, 0) is 75.2 Å². The second-order valence-corrected chi connectivity index (χ2v) is 9.79. The standard InChI is InChI=1S/C24H34N2O2/c1-17-5-7-18(8-6-17)16-26(2)22(27)4-3-9-25-23(28)24-13-19-10-20(14-24)12-21(11-19)15-24/h5-8,19-21H,3-4,9-16H2,1-2H3,(H,25,28). The Hall–Kier alpha value is -1.84. The summed E-state index contributed by atoms with van der Waals surface area (Å²) in [5, 5.41) is 3.18. The van der Waals surface area contributed by atoms with E-state index in [-0.39, 0.29) is 17.2 Å². The highest BCUT2D eigenvalue weighted by Gasteiger charge is 2.54. The van der Waals surface area contributed by atoms with Gasteiger partial charge >= 0.3 is 0 Å². The number of aryl methyl sites for hydroxylation is 1. The van der Waals surface area contributed by atoms with Crippen LogP contribution in [0.5, 0.6) is 0 Å². The molecule has 0 saturated heterocycles. The molecule has 1 aromatic rings. The fourth-order valence-corrected chi connectivity index (χ4v) is 6.26. The Morgan fingerprint density at radius 2 is 1.61 bits per heavy atom. The summed E-state index contributed by atoms with van der Waals surface area (Å²) in [6, 6.07) is 8.30. The van der Waals surface area contributed by atoms with Crippen LogP contribution in [0.15, 0.2) is 24.3 Å². The third-order valence-electron chi connectivity index (χ3n) is 7.34. The van der Waals surface area contributed by atoms with Gasteiger partial charge in [0.1, 0.15) is 0 Å². The third-order valence-corrected chi connectivity index (χ3v) is 7.34. The summed E-state index contributed by atoms with van der Waals surface area (Å²) >= 11 is 0. The van der Waals surface area contributed by atoms with Crippen molar-refractivity contribution in [1.29, 1.82) is 0 Å². The zero-order valence-corrected chi connectivity index (χ0v) is 17.4. The largest absolute Gasteiger partial charge is 0.356 e. The molecule has 4 nitrogen and oxygen atoms in total. The maximum atomic E-state index is 12.9. The second-order valence-electron chi connectivity index (χ2n) is 9.79. The number of amides is 2. The number of nitrogens with one attached hydrogen (secondary N) is 1. The molecule has 2 amide bonds. The van der Waals surface area contributed by atoms with Gasteiger partial charge in [0.15, 0.2) is 0 Å². The van der Waals surface area contributed by atoms with Crippen LogP contribution in [0, 0.1) is 30.1 Å². The third kappa shape index (κ3) is 4.11. The minimum Gasteiger partial charge on any atom is -0.356 e. The molecule has 0 heterocycles. The molecular weight excluding hydrogens is 348 g/mol.